The van der Waals surface area contributed by atoms with Gasteiger partial charge in [0.1, 0.15) is 0 Å². The van der Waals surface area contributed by atoms with Crippen molar-refractivity contribution in [2.75, 3.05) is 19.7 Å². The lowest BCUT2D eigenvalue weighted by molar-refractivity contribution is -0.121. The van der Waals surface area contributed by atoms with Gasteiger partial charge < -0.3 is 15.4 Å². The molecule has 1 aliphatic rings. The van der Waals surface area contributed by atoms with Crippen molar-refractivity contribution in [3.63, 3.8) is 0 Å². The highest BCUT2D eigenvalue weighted by Crippen LogP contribution is 2.19. The van der Waals surface area contributed by atoms with E-state index in [0.717, 1.165) is 32.5 Å². The number of carbonyl (C=O) groups is 1. The lowest BCUT2D eigenvalue weighted by atomic mass is 10.0. The predicted octanol–water partition coefficient (Wildman–Crippen LogP) is 1.31. The van der Waals surface area contributed by atoms with E-state index >= 15 is 0 Å². The summed E-state index contributed by atoms with van der Waals surface area (Å²) in [6.07, 6.45) is 2.87. The Hall–Kier alpha value is -0.610. The van der Waals surface area contributed by atoms with Crippen molar-refractivity contribution >= 4 is 5.91 Å². The van der Waals surface area contributed by atoms with Crippen molar-refractivity contribution in [3.8, 4) is 0 Å². The van der Waals surface area contributed by atoms with Crippen LogP contribution in [0.15, 0.2) is 0 Å². The second-order valence-corrected chi connectivity index (χ2v) is 5.14. The van der Waals surface area contributed by atoms with Crippen molar-refractivity contribution in [1.29, 1.82) is 0 Å². The third-order valence-electron chi connectivity index (χ3n) is 3.23. The van der Waals surface area contributed by atoms with Crippen LogP contribution in [0.4, 0.5) is 0 Å². The summed E-state index contributed by atoms with van der Waals surface area (Å²) >= 11 is 0. The maximum absolute atomic E-state index is 11.6. The van der Waals surface area contributed by atoms with Crippen molar-refractivity contribution in [1.82, 2.24) is 10.6 Å². The topological polar surface area (TPSA) is 50.4 Å². The molecule has 0 spiro atoms. The van der Waals surface area contributed by atoms with Crippen molar-refractivity contribution < 1.29 is 9.53 Å². The molecule has 1 rings (SSSR count). The fourth-order valence-corrected chi connectivity index (χ4v) is 2.02. The fraction of sp³-hybridized carbons (Fsp3) is 0.923. The van der Waals surface area contributed by atoms with E-state index in [0.29, 0.717) is 18.4 Å². The van der Waals surface area contributed by atoms with Crippen LogP contribution in [0.1, 0.15) is 40.0 Å². The van der Waals surface area contributed by atoms with E-state index in [-0.39, 0.29) is 12.0 Å². The second-order valence-electron chi connectivity index (χ2n) is 5.14. The van der Waals surface area contributed by atoms with E-state index in [4.69, 9.17) is 4.74 Å². The van der Waals surface area contributed by atoms with Gasteiger partial charge in [-0.15, -0.1) is 0 Å². The van der Waals surface area contributed by atoms with E-state index in [1.54, 1.807) is 0 Å². The molecule has 0 radical (unpaired) electrons. The van der Waals surface area contributed by atoms with Crippen molar-refractivity contribution in [2.24, 2.45) is 5.92 Å². The van der Waals surface area contributed by atoms with Crippen LogP contribution in [0.2, 0.25) is 0 Å². The van der Waals surface area contributed by atoms with Gasteiger partial charge in [0.15, 0.2) is 0 Å². The van der Waals surface area contributed by atoms with E-state index in [9.17, 15) is 4.79 Å². The summed E-state index contributed by atoms with van der Waals surface area (Å²) in [7, 11) is 0. The molecule has 0 aromatic rings. The summed E-state index contributed by atoms with van der Waals surface area (Å²) in [6, 6.07) is 0.495. The first-order valence-corrected chi connectivity index (χ1v) is 6.71. The van der Waals surface area contributed by atoms with Gasteiger partial charge in [-0.3, -0.25) is 4.79 Å². The molecule has 1 amide bonds. The number of nitrogens with one attached hydrogen (secondary N) is 2. The average Bonchev–Trinajstić information content (AvgIpc) is 2.67. The minimum Gasteiger partial charge on any atom is -0.378 e. The Morgan fingerprint density at radius 3 is 2.82 bits per heavy atom. The molecule has 1 heterocycles. The summed E-state index contributed by atoms with van der Waals surface area (Å²) in [4.78, 5) is 11.6. The minimum atomic E-state index is 0.162. The van der Waals surface area contributed by atoms with Gasteiger partial charge in [0.2, 0.25) is 5.91 Å². The SMILES string of the molecule is CC(C)NCCCC(=O)NCC1CCOC1C. The van der Waals surface area contributed by atoms with Crippen LogP contribution in [-0.2, 0) is 9.53 Å². The first kappa shape index (κ1) is 14.5. The Kier molecular flexibility index (Phi) is 6.52. The standard InChI is InChI=1S/C13H26N2O2/c1-10(2)14-7-4-5-13(16)15-9-12-6-8-17-11(12)3/h10-12,14H,4-9H2,1-3H3,(H,15,16). The predicted molar refractivity (Wildman–Crippen MR) is 68.9 cm³/mol. The number of hydrogen-bond donors (Lipinski definition) is 2. The highest BCUT2D eigenvalue weighted by molar-refractivity contribution is 5.75. The maximum atomic E-state index is 11.6. The highest BCUT2D eigenvalue weighted by Gasteiger charge is 2.24. The molecule has 0 saturated carbocycles. The Labute approximate surface area is 104 Å². The van der Waals surface area contributed by atoms with Gasteiger partial charge in [0, 0.05) is 31.5 Å². The van der Waals surface area contributed by atoms with Gasteiger partial charge in [-0.25, -0.2) is 0 Å². The molecule has 1 saturated heterocycles. The van der Waals surface area contributed by atoms with Gasteiger partial charge in [0.05, 0.1) is 6.10 Å². The lowest BCUT2D eigenvalue weighted by Gasteiger charge is -2.14. The first-order valence-electron chi connectivity index (χ1n) is 6.71. The molecule has 2 unspecified atom stereocenters. The Balaban J connectivity index is 2.01. The van der Waals surface area contributed by atoms with Crippen molar-refractivity contribution in [2.45, 2.75) is 52.2 Å². The Bertz CT molecular complexity index is 231. The average molecular weight is 242 g/mol. The van der Waals surface area contributed by atoms with Gasteiger partial charge >= 0.3 is 0 Å². The molecule has 0 aromatic heterocycles. The van der Waals surface area contributed by atoms with Gasteiger partial charge in [-0.05, 0) is 26.3 Å². The molecular weight excluding hydrogens is 216 g/mol. The molecule has 2 N–H and O–H groups in total. The third-order valence-corrected chi connectivity index (χ3v) is 3.23. The summed E-state index contributed by atoms with van der Waals surface area (Å²) in [5, 5.41) is 6.30. The van der Waals surface area contributed by atoms with E-state index < -0.39 is 0 Å². The van der Waals surface area contributed by atoms with E-state index in [2.05, 4.69) is 31.4 Å². The number of hydrogen-bond acceptors (Lipinski definition) is 3. The van der Waals surface area contributed by atoms with Crippen LogP contribution in [0.5, 0.6) is 0 Å². The number of amides is 1. The summed E-state index contributed by atoms with van der Waals surface area (Å²) in [5.41, 5.74) is 0. The molecule has 100 valence electrons. The maximum Gasteiger partial charge on any atom is 0.220 e. The van der Waals surface area contributed by atoms with Crippen LogP contribution in [0, 0.1) is 5.92 Å². The normalized spacial score (nSPS) is 24.2. The monoisotopic (exact) mass is 242 g/mol. The molecule has 2 atom stereocenters. The molecule has 0 aromatic carbocycles. The second kappa shape index (κ2) is 7.67. The fourth-order valence-electron chi connectivity index (χ4n) is 2.02. The molecule has 4 nitrogen and oxygen atoms in total. The van der Waals surface area contributed by atoms with Gasteiger partial charge in [-0.2, -0.15) is 0 Å². The highest BCUT2D eigenvalue weighted by atomic mass is 16.5. The Morgan fingerprint density at radius 1 is 1.47 bits per heavy atom. The zero-order chi connectivity index (χ0) is 12.7. The molecule has 4 heteroatoms. The molecule has 17 heavy (non-hydrogen) atoms. The third kappa shape index (κ3) is 6.03. The largest absolute Gasteiger partial charge is 0.378 e. The van der Waals surface area contributed by atoms with Crippen LogP contribution < -0.4 is 10.6 Å². The van der Waals surface area contributed by atoms with Gasteiger partial charge in [0.25, 0.3) is 0 Å². The lowest BCUT2D eigenvalue weighted by Crippen LogP contribution is -2.32. The van der Waals surface area contributed by atoms with Gasteiger partial charge in [-0.1, -0.05) is 13.8 Å². The number of rotatable bonds is 7. The smallest absolute Gasteiger partial charge is 0.220 e. The van der Waals surface area contributed by atoms with E-state index in [1.807, 2.05) is 0 Å². The quantitative estimate of drug-likeness (QED) is 0.662. The molecule has 1 fully saturated rings. The van der Waals surface area contributed by atoms with Crippen LogP contribution >= 0.6 is 0 Å². The molecule has 0 aliphatic carbocycles. The summed E-state index contributed by atoms with van der Waals surface area (Å²) < 4.78 is 5.46. The van der Waals surface area contributed by atoms with Crippen LogP contribution in [0.3, 0.4) is 0 Å². The van der Waals surface area contributed by atoms with Crippen LogP contribution in [0.25, 0.3) is 0 Å². The zero-order valence-corrected chi connectivity index (χ0v) is 11.3. The molecular formula is C13H26N2O2. The van der Waals surface area contributed by atoms with Crippen LogP contribution in [-0.4, -0.2) is 37.7 Å². The summed E-state index contributed by atoms with van der Waals surface area (Å²) in [5.74, 6) is 0.655. The molecule has 0 bridgehead atoms. The first-order chi connectivity index (χ1) is 8.09. The Morgan fingerprint density at radius 2 is 2.24 bits per heavy atom. The zero-order valence-electron chi connectivity index (χ0n) is 11.3. The number of carbonyl (C=O) groups excluding carboxylic acids is 1. The van der Waals surface area contributed by atoms with E-state index in [1.165, 1.54) is 0 Å². The minimum absolute atomic E-state index is 0.162. The summed E-state index contributed by atoms with van der Waals surface area (Å²) in [6.45, 7) is 8.81. The molecule has 1 aliphatic heterocycles. The number of ether oxygens (including phenoxy) is 1. The van der Waals surface area contributed by atoms with Crippen molar-refractivity contribution in [3.05, 3.63) is 0 Å².